The van der Waals surface area contributed by atoms with Gasteiger partial charge in [-0.3, -0.25) is 19.2 Å². The molecule has 0 spiro atoms. The second kappa shape index (κ2) is 18.9. The van der Waals surface area contributed by atoms with Crippen LogP contribution < -0.4 is 20.1 Å². The number of aromatic nitrogens is 4. The highest BCUT2D eigenvalue weighted by atomic mass is 19.4. The molecule has 1 unspecified atom stereocenters. The van der Waals surface area contributed by atoms with Crippen molar-refractivity contribution < 1.29 is 50.6 Å². The van der Waals surface area contributed by atoms with Gasteiger partial charge in [0.25, 0.3) is 11.8 Å². The minimum atomic E-state index is -4.33. The highest BCUT2D eigenvalue weighted by Gasteiger charge is 2.37. The molecule has 4 aromatic heterocycles. The van der Waals surface area contributed by atoms with Gasteiger partial charge < -0.3 is 39.9 Å². The van der Waals surface area contributed by atoms with E-state index in [1.807, 2.05) is 0 Å². The van der Waals surface area contributed by atoms with E-state index in [-0.39, 0.29) is 42.4 Å². The van der Waals surface area contributed by atoms with Gasteiger partial charge in [-0.1, -0.05) is 13.2 Å². The van der Waals surface area contributed by atoms with Gasteiger partial charge >= 0.3 is 6.18 Å². The molecule has 2 saturated heterocycles. The third-order valence-corrected chi connectivity index (χ3v) is 10.6. The smallest absolute Gasteiger partial charge is 0.390 e. The van der Waals surface area contributed by atoms with Crippen molar-refractivity contribution in [2.75, 3.05) is 32.7 Å². The molecule has 2 aliphatic heterocycles. The molecule has 60 heavy (non-hydrogen) atoms. The molecule has 0 aromatic carbocycles. The van der Waals surface area contributed by atoms with Crippen LogP contribution in [-0.2, 0) is 9.59 Å². The highest BCUT2D eigenvalue weighted by Crippen LogP contribution is 2.34. The molecule has 7 rings (SSSR count). The molecule has 0 bridgehead atoms. The number of fused-ring (bicyclic) bond motifs is 2. The molecule has 3 fully saturated rings. The first-order chi connectivity index (χ1) is 28.6. The summed E-state index contributed by atoms with van der Waals surface area (Å²) in [6.45, 7) is 8.79. The monoisotopic (exact) mass is 842 g/mol. The molecule has 1 atom stereocenters. The molecule has 4 aromatic rings. The number of pyridine rings is 2. The zero-order chi connectivity index (χ0) is 43.0. The first-order valence-electron chi connectivity index (χ1n) is 19.7. The molecular formula is C41H47F5N8O6. The molecule has 14 nitrogen and oxygen atoms in total. The average molecular weight is 843 g/mol. The van der Waals surface area contributed by atoms with Crippen molar-refractivity contribution in [3.05, 3.63) is 73.4 Å². The minimum Gasteiger partial charge on any atom is -0.489 e. The van der Waals surface area contributed by atoms with E-state index in [1.54, 1.807) is 28.1 Å². The number of halogens is 5. The number of rotatable bonds is 11. The Morgan fingerprint density at radius 1 is 0.800 bits per heavy atom. The first kappa shape index (κ1) is 43.6. The number of ether oxygens (including phenoxy) is 2. The SMILES string of the molecule is C=CC(=O)N1CCC(Oc2cnc3[nH]cc(C(=O)NC4CCCC(F)(F)C4)c3c2)CC1.C=CC(=O)N1CCC(Oc2cnc3[nH]cc(C(=O)NCCC(F)(F)F)c3c2)CC1. The largest absolute Gasteiger partial charge is 0.489 e. The zero-order valence-corrected chi connectivity index (χ0v) is 32.8. The normalized spacial score (nSPS) is 18.6. The summed E-state index contributed by atoms with van der Waals surface area (Å²) in [5, 5.41) is 6.04. The van der Waals surface area contributed by atoms with Crippen LogP contribution in [-0.4, -0.2) is 116 Å². The van der Waals surface area contributed by atoms with Crippen molar-refractivity contribution in [3.8, 4) is 11.5 Å². The van der Waals surface area contributed by atoms with Gasteiger partial charge in [-0.2, -0.15) is 13.2 Å². The lowest BCUT2D eigenvalue weighted by Crippen LogP contribution is -2.42. The van der Waals surface area contributed by atoms with Crippen LogP contribution in [0.5, 0.6) is 11.5 Å². The summed E-state index contributed by atoms with van der Waals surface area (Å²) >= 11 is 0. The summed E-state index contributed by atoms with van der Waals surface area (Å²) in [5.74, 6) is -2.96. The number of hydrogen-bond donors (Lipinski definition) is 4. The molecule has 322 valence electrons. The fourth-order valence-electron chi connectivity index (χ4n) is 7.48. The predicted molar refractivity (Wildman–Crippen MR) is 211 cm³/mol. The average Bonchev–Trinajstić information content (AvgIpc) is 3.84. The second-order valence-electron chi connectivity index (χ2n) is 15.0. The van der Waals surface area contributed by atoms with Crippen molar-refractivity contribution in [2.45, 2.75) is 88.1 Å². The van der Waals surface area contributed by atoms with Crippen LogP contribution >= 0.6 is 0 Å². The molecule has 1 saturated carbocycles. The summed E-state index contributed by atoms with van der Waals surface area (Å²) < 4.78 is 76.0. The molecule has 19 heteroatoms. The van der Waals surface area contributed by atoms with Crippen LogP contribution in [0.2, 0.25) is 0 Å². The number of carbonyl (C=O) groups excluding carboxylic acids is 4. The van der Waals surface area contributed by atoms with Gasteiger partial charge in [0.05, 0.1) is 29.9 Å². The summed E-state index contributed by atoms with van der Waals surface area (Å²) in [5.41, 5.74) is 1.52. The number of nitrogens with one attached hydrogen (secondary N) is 4. The van der Waals surface area contributed by atoms with Crippen LogP contribution in [0.1, 0.15) is 78.5 Å². The maximum Gasteiger partial charge on any atom is 0.390 e. The maximum atomic E-state index is 13.7. The van der Waals surface area contributed by atoms with Crippen LogP contribution in [0.4, 0.5) is 22.0 Å². The zero-order valence-electron chi connectivity index (χ0n) is 32.8. The maximum absolute atomic E-state index is 13.7. The van der Waals surface area contributed by atoms with Gasteiger partial charge in [-0.05, 0) is 37.1 Å². The third kappa shape index (κ3) is 11.4. The van der Waals surface area contributed by atoms with Crippen LogP contribution in [0.3, 0.4) is 0 Å². The van der Waals surface area contributed by atoms with E-state index in [0.29, 0.717) is 104 Å². The number of hydrogen-bond acceptors (Lipinski definition) is 8. The number of aromatic amines is 2. The lowest BCUT2D eigenvalue weighted by atomic mass is 9.92. The standard InChI is InChI=1S/C22H26F2N4O3.C19H21F3N4O3/c1-2-19(29)28-8-5-15(6-9-28)31-16-10-17-18(13-26-20(17)25-12-16)21(30)27-14-4-3-7-22(23,24)11-14;1-2-16(27)26-7-3-12(4-8-26)29-13-9-14-15(11-25-17(14)24-10-13)18(28)23-6-5-19(20,21)22/h2,10,12-15H,1,3-9,11H2,(H,25,26)(H,27,30);2,9-12H,1,3-8H2,(H,23,28)(H,24,25). The quantitative estimate of drug-likeness (QED) is 0.102. The number of likely N-dealkylation sites (tertiary alicyclic amines) is 2. The Labute approximate surface area is 341 Å². The fourth-order valence-corrected chi connectivity index (χ4v) is 7.48. The second-order valence-corrected chi connectivity index (χ2v) is 15.0. The molecule has 3 aliphatic rings. The molecule has 1 aliphatic carbocycles. The van der Waals surface area contributed by atoms with E-state index in [2.05, 4.69) is 43.7 Å². The predicted octanol–water partition coefficient (Wildman–Crippen LogP) is 6.23. The van der Waals surface area contributed by atoms with Crippen LogP contribution in [0, 0.1) is 0 Å². The Balaban J connectivity index is 0.000000202. The Morgan fingerprint density at radius 3 is 1.73 bits per heavy atom. The molecule has 6 heterocycles. The van der Waals surface area contributed by atoms with Gasteiger partial charge in [-0.25, -0.2) is 18.7 Å². The van der Waals surface area contributed by atoms with Crippen molar-refractivity contribution in [3.63, 3.8) is 0 Å². The van der Waals surface area contributed by atoms with E-state index in [1.165, 1.54) is 30.7 Å². The number of amides is 4. The van der Waals surface area contributed by atoms with E-state index in [4.69, 9.17) is 9.47 Å². The molecular weight excluding hydrogens is 795 g/mol. The number of piperidine rings is 2. The summed E-state index contributed by atoms with van der Waals surface area (Å²) in [7, 11) is 0. The van der Waals surface area contributed by atoms with Crippen molar-refractivity contribution in [2.24, 2.45) is 0 Å². The van der Waals surface area contributed by atoms with E-state index in [9.17, 15) is 41.1 Å². The molecule has 0 radical (unpaired) electrons. The summed E-state index contributed by atoms with van der Waals surface area (Å²) in [6.07, 6.45) is 6.20. The van der Waals surface area contributed by atoms with Crippen molar-refractivity contribution in [1.29, 1.82) is 0 Å². The first-order valence-corrected chi connectivity index (χ1v) is 19.7. The van der Waals surface area contributed by atoms with E-state index in [0.717, 1.165) is 0 Å². The number of alkyl halides is 5. The number of nitrogens with zero attached hydrogens (tertiary/aromatic N) is 4. The Bertz CT molecular complexity index is 2190. The van der Waals surface area contributed by atoms with Gasteiger partial charge in [0.1, 0.15) is 35.0 Å². The van der Waals surface area contributed by atoms with E-state index >= 15 is 0 Å². The van der Waals surface area contributed by atoms with E-state index < -0.39 is 42.9 Å². The van der Waals surface area contributed by atoms with Crippen molar-refractivity contribution >= 4 is 45.7 Å². The Hall–Kier alpha value is -6.01. The third-order valence-electron chi connectivity index (χ3n) is 10.6. The lowest BCUT2D eigenvalue weighted by Gasteiger charge is -2.31. The van der Waals surface area contributed by atoms with Crippen LogP contribution in [0.25, 0.3) is 22.1 Å². The Kier molecular flexibility index (Phi) is 13.7. The van der Waals surface area contributed by atoms with Gasteiger partial charge in [0.2, 0.25) is 17.7 Å². The fraction of sp³-hybridized carbons (Fsp3) is 0.463. The van der Waals surface area contributed by atoms with Gasteiger partial charge in [-0.15, -0.1) is 0 Å². The molecule has 4 N–H and O–H groups in total. The lowest BCUT2D eigenvalue weighted by molar-refractivity contribution is -0.133. The van der Waals surface area contributed by atoms with Crippen LogP contribution in [0.15, 0.2) is 62.2 Å². The summed E-state index contributed by atoms with van der Waals surface area (Å²) in [4.78, 5) is 66.0. The minimum absolute atomic E-state index is 0.0613. The molecule has 4 amide bonds. The Morgan fingerprint density at radius 2 is 1.28 bits per heavy atom. The number of carbonyl (C=O) groups is 4. The number of H-pyrrole nitrogens is 2. The summed E-state index contributed by atoms with van der Waals surface area (Å²) in [6, 6.07) is 2.83. The van der Waals surface area contributed by atoms with Crippen molar-refractivity contribution in [1.82, 2.24) is 40.4 Å². The highest BCUT2D eigenvalue weighted by molar-refractivity contribution is 6.07. The van der Waals surface area contributed by atoms with Gasteiger partial charge in [0.15, 0.2) is 0 Å². The van der Waals surface area contributed by atoms with Gasteiger partial charge in [0, 0.05) is 100 Å². The topological polar surface area (TPSA) is 175 Å².